The second-order valence-corrected chi connectivity index (χ2v) is 9.00. The quantitative estimate of drug-likeness (QED) is 0.417. The van der Waals surface area contributed by atoms with E-state index in [1.165, 1.54) is 0 Å². The van der Waals surface area contributed by atoms with Gasteiger partial charge >= 0.3 is 0 Å². The maximum absolute atomic E-state index is 14.9. The number of benzene rings is 1. The number of H-pyrrole nitrogens is 1. The number of nitrogens with zero attached hydrogens (tertiary/aromatic N) is 4. The second-order valence-electron chi connectivity index (χ2n) is 7.84. The Labute approximate surface area is 189 Å². The summed E-state index contributed by atoms with van der Waals surface area (Å²) in [6.45, 7) is 6.07. The van der Waals surface area contributed by atoms with Crippen LogP contribution in [0.4, 0.5) is 27.7 Å². The molecule has 0 aliphatic carbocycles. The molecule has 7 nitrogen and oxygen atoms in total. The summed E-state index contributed by atoms with van der Waals surface area (Å²) in [7, 11) is 2.13. The van der Waals surface area contributed by atoms with Crippen molar-refractivity contribution in [2.24, 2.45) is 0 Å². The summed E-state index contributed by atoms with van der Waals surface area (Å²) >= 11 is 2.15. The molecule has 1 aliphatic rings. The Hall–Kier alpha value is -2.27. The van der Waals surface area contributed by atoms with Crippen LogP contribution in [0.2, 0.25) is 0 Å². The largest absolute Gasteiger partial charge is 0.322 e. The van der Waals surface area contributed by atoms with Crippen molar-refractivity contribution in [3.05, 3.63) is 50.6 Å². The Morgan fingerprint density at radius 2 is 1.93 bits per heavy atom. The van der Waals surface area contributed by atoms with Crippen LogP contribution >= 0.6 is 22.6 Å². The van der Waals surface area contributed by atoms with Crippen molar-refractivity contribution < 1.29 is 4.39 Å². The molecule has 9 heteroatoms. The van der Waals surface area contributed by atoms with Crippen molar-refractivity contribution in [1.29, 1.82) is 0 Å². The Balaban J connectivity index is 1.54. The summed E-state index contributed by atoms with van der Waals surface area (Å²) in [5, 5.41) is 13.2. The van der Waals surface area contributed by atoms with E-state index in [9.17, 15) is 4.39 Å². The standard InChI is InChI=1S/C21H25FIN7/c1-12-8-18(16(22)10-15(12)14-4-6-30(3)7-5-14)25-21-24-11-17(23)20(27-21)26-19-9-13(2)28-29-19/h8-11,14H,4-7H2,1-3H3,(H3,24,25,26,27,28,29). The average Bonchev–Trinajstić information content (AvgIpc) is 3.12. The van der Waals surface area contributed by atoms with Gasteiger partial charge in [0, 0.05) is 18.0 Å². The monoisotopic (exact) mass is 521 g/mol. The summed E-state index contributed by atoms with van der Waals surface area (Å²) < 4.78 is 15.8. The third-order valence-electron chi connectivity index (χ3n) is 5.46. The van der Waals surface area contributed by atoms with Crippen molar-refractivity contribution in [3.8, 4) is 0 Å². The van der Waals surface area contributed by atoms with Crippen molar-refractivity contribution in [3.63, 3.8) is 0 Å². The number of hydrogen-bond acceptors (Lipinski definition) is 6. The molecule has 0 spiro atoms. The second kappa shape index (κ2) is 8.84. The summed E-state index contributed by atoms with van der Waals surface area (Å²) in [5.74, 6) is 1.73. The maximum atomic E-state index is 14.9. The first-order chi connectivity index (χ1) is 14.4. The van der Waals surface area contributed by atoms with Crippen LogP contribution in [0.1, 0.15) is 35.6 Å². The zero-order valence-corrected chi connectivity index (χ0v) is 19.4. The number of likely N-dealkylation sites (tertiary alicyclic amines) is 1. The normalized spacial score (nSPS) is 15.4. The molecule has 30 heavy (non-hydrogen) atoms. The first-order valence-corrected chi connectivity index (χ1v) is 11.0. The summed E-state index contributed by atoms with van der Waals surface area (Å²) in [6, 6.07) is 5.41. The minimum absolute atomic E-state index is 0.283. The first-order valence-electron chi connectivity index (χ1n) is 9.96. The highest BCUT2D eigenvalue weighted by Crippen LogP contribution is 2.33. The maximum Gasteiger partial charge on any atom is 0.229 e. The molecular weight excluding hydrogens is 496 g/mol. The van der Waals surface area contributed by atoms with Crippen LogP contribution in [0.25, 0.3) is 0 Å². The Bertz CT molecular complexity index is 1040. The van der Waals surface area contributed by atoms with Crippen molar-refractivity contribution in [2.75, 3.05) is 30.8 Å². The Morgan fingerprint density at radius 3 is 2.63 bits per heavy atom. The van der Waals surface area contributed by atoms with Crippen molar-refractivity contribution in [1.82, 2.24) is 25.1 Å². The van der Waals surface area contributed by atoms with E-state index in [4.69, 9.17) is 0 Å². The molecule has 1 fully saturated rings. The highest BCUT2D eigenvalue weighted by molar-refractivity contribution is 14.1. The highest BCUT2D eigenvalue weighted by Gasteiger charge is 2.21. The number of nitrogens with one attached hydrogen (secondary N) is 3. The van der Waals surface area contributed by atoms with Gasteiger partial charge < -0.3 is 15.5 Å². The Morgan fingerprint density at radius 1 is 1.17 bits per heavy atom. The zero-order valence-electron chi connectivity index (χ0n) is 17.3. The first kappa shape index (κ1) is 21.0. The number of aromatic amines is 1. The van der Waals surface area contributed by atoms with Gasteiger partial charge in [-0.25, -0.2) is 9.37 Å². The number of hydrogen-bond donors (Lipinski definition) is 3. The molecule has 0 atom stereocenters. The van der Waals surface area contributed by atoms with Crippen LogP contribution < -0.4 is 10.6 Å². The van der Waals surface area contributed by atoms with Crippen LogP contribution in [0.5, 0.6) is 0 Å². The van der Waals surface area contributed by atoms with Gasteiger partial charge in [0.25, 0.3) is 0 Å². The highest BCUT2D eigenvalue weighted by atomic mass is 127. The fourth-order valence-electron chi connectivity index (χ4n) is 3.79. The van der Waals surface area contributed by atoms with Crippen LogP contribution in [0.15, 0.2) is 24.4 Å². The van der Waals surface area contributed by atoms with Crippen LogP contribution in [-0.4, -0.2) is 45.2 Å². The fourth-order valence-corrected chi connectivity index (χ4v) is 4.19. The molecular formula is C21H25FIN7. The zero-order chi connectivity index (χ0) is 21.3. The summed E-state index contributed by atoms with van der Waals surface area (Å²) in [6.07, 6.45) is 3.81. The van der Waals surface area contributed by atoms with Crippen molar-refractivity contribution >= 4 is 45.9 Å². The summed E-state index contributed by atoms with van der Waals surface area (Å²) in [4.78, 5) is 11.1. The molecule has 1 aromatic carbocycles. The molecule has 0 saturated carbocycles. The molecule has 0 amide bonds. The van der Waals surface area contributed by atoms with Gasteiger partial charge in [0.15, 0.2) is 11.6 Å². The molecule has 2 aromatic heterocycles. The lowest BCUT2D eigenvalue weighted by Gasteiger charge is -2.30. The molecule has 3 heterocycles. The lowest BCUT2D eigenvalue weighted by molar-refractivity contribution is 0.255. The van der Waals surface area contributed by atoms with Crippen LogP contribution in [0, 0.1) is 23.2 Å². The van der Waals surface area contributed by atoms with E-state index in [1.54, 1.807) is 12.3 Å². The SMILES string of the molecule is Cc1cc(Nc2nc(Nc3cc(C)c(C4CCN(C)CC4)cc3F)ncc2I)n[nH]1. The van der Waals surface area contributed by atoms with Crippen LogP contribution in [-0.2, 0) is 0 Å². The van der Waals surface area contributed by atoms with Gasteiger partial charge in [-0.2, -0.15) is 10.1 Å². The Kier molecular flexibility index (Phi) is 6.19. The molecule has 0 unspecified atom stereocenters. The number of rotatable bonds is 5. The predicted octanol–water partition coefficient (Wildman–Crippen LogP) is 4.86. The minimum Gasteiger partial charge on any atom is -0.322 e. The van der Waals surface area contributed by atoms with Gasteiger partial charge in [0.1, 0.15) is 5.82 Å². The third kappa shape index (κ3) is 4.72. The number of anilines is 4. The molecule has 158 valence electrons. The van der Waals surface area contributed by atoms with Crippen LogP contribution in [0.3, 0.4) is 0 Å². The lowest BCUT2D eigenvalue weighted by Crippen LogP contribution is -2.29. The molecule has 3 aromatic rings. The van der Waals surface area contributed by atoms with Gasteiger partial charge in [-0.15, -0.1) is 0 Å². The molecule has 1 aliphatic heterocycles. The summed E-state index contributed by atoms with van der Waals surface area (Å²) in [5.41, 5.74) is 3.52. The lowest BCUT2D eigenvalue weighted by atomic mass is 9.86. The van der Waals surface area contributed by atoms with E-state index < -0.39 is 0 Å². The molecule has 0 bridgehead atoms. The van der Waals surface area contributed by atoms with E-state index in [1.807, 2.05) is 26.0 Å². The number of aromatic nitrogens is 4. The van der Waals surface area contributed by atoms with E-state index in [2.05, 4.69) is 65.3 Å². The van der Waals surface area contributed by atoms with Gasteiger partial charge in [-0.1, -0.05) is 0 Å². The van der Waals surface area contributed by atoms with Gasteiger partial charge in [0.2, 0.25) is 5.95 Å². The number of halogens is 2. The van der Waals surface area contributed by atoms with Gasteiger partial charge in [-0.3, -0.25) is 5.10 Å². The molecule has 0 radical (unpaired) electrons. The number of aryl methyl sites for hydroxylation is 2. The molecule has 1 saturated heterocycles. The molecule has 4 rings (SSSR count). The number of piperidine rings is 1. The smallest absolute Gasteiger partial charge is 0.229 e. The van der Waals surface area contributed by atoms with E-state index in [-0.39, 0.29) is 5.82 Å². The fraction of sp³-hybridized carbons (Fsp3) is 0.381. The molecule has 3 N–H and O–H groups in total. The van der Waals surface area contributed by atoms with E-state index in [0.29, 0.717) is 29.2 Å². The van der Waals surface area contributed by atoms with E-state index in [0.717, 1.165) is 46.3 Å². The predicted molar refractivity (Wildman–Crippen MR) is 125 cm³/mol. The average molecular weight is 521 g/mol. The third-order valence-corrected chi connectivity index (χ3v) is 6.25. The minimum atomic E-state index is -0.283. The van der Waals surface area contributed by atoms with Gasteiger partial charge in [0.05, 0.1) is 9.26 Å². The van der Waals surface area contributed by atoms with E-state index >= 15 is 0 Å². The van der Waals surface area contributed by atoms with Gasteiger partial charge in [-0.05, 0) is 98.6 Å². The topological polar surface area (TPSA) is 81.8 Å². The van der Waals surface area contributed by atoms with Crippen molar-refractivity contribution in [2.45, 2.75) is 32.6 Å².